The predicted molar refractivity (Wildman–Crippen MR) is 137 cm³/mol. The summed E-state index contributed by atoms with van der Waals surface area (Å²) in [5.74, 6) is -0.0187. The number of nitrogens with zero attached hydrogens (tertiary/aromatic N) is 2. The van der Waals surface area contributed by atoms with Crippen LogP contribution in [0.1, 0.15) is 48.0 Å². The van der Waals surface area contributed by atoms with Crippen LogP contribution in [-0.4, -0.2) is 76.0 Å². The third kappa shape index (κ3) is 6.94. The van der Waals surface area contributed by atoms with Crippen LogP contribution in [0, 0.1) is 11.7 Å². The molecule has 1 saturated heterocycles. The molecule has 1 saturated carbocycles. The predicted octanol–water partition coefficient (Wildman–Crippen LogP) is 3.01. The van der Waals surface area contributed by atoms with Crippen molar-refractivity contribution in [3.63, 3.8) is 0 Å². The lowest BCUT2D eigenvalue weighted by Crippen LogP contribution is -2.43. The summed E-state index contributed by atoms with van der Waals surface area (Å²) in [4.78, 5) is 28.2. The summed E-state index contributed by atoms with van der Waals surface area (Å²) >= 11 is 0. The summed E-state index contributed by atoms with van der Waals surface area (Å²) < 4.78 is 45.7. The van der Waals surface area contributed by atoms with Gasteiger partial charge in [-0.25, -0.2) is 22.3 Å². The first kappa shape index (κ1) is 27.2. The minimum absolute atomic E-state index is 0.0751. The summed E-state index contributed by atoms with van der Waals surface area (Å²) in [6.07, 6.45) is 2.80. The summed E-state index contributed by atoms with van der Waals surface area (Å²) in [5.41, 5.74) is 1.37. The Balaban J connectivity index is 1.21. The van der Waals surface area contributed by atoms with Gasteiger partial charge in [0.25, 0.3) is 0 Å². The number of halogens is 1. The van der Waals surface area contributed by atoms with Gasteiger partial charge in [0.15, 0.2) is 0 Å². The summed E-state index contributed by atoms with van der Waals surface area (Å²) in [6.45, 7) is 4.91. The molecule has 0 spiro atoms. The first-order valence-corrected chi connectivity index (χ1v) is 14.1. The number of sulfonamides is 1. The molecule has 1 aliphatic heterocycles. The molecule has 1 aliphatic carbocycles. The molecule has 2 aromatic carbocycles. The van der Waals surface area contributed by atoms with E-state index in [-0.39, 0.29) is 35.1 Å². The Morgan fingerprint density at radius 1 is 1.08 bits per heavy atom. The average molecular weight is 532 g/mol. The highest BCUT2D eigenvalue weighted by Crippen LogP contribution is 2.45. The molecule has 37 heavy (non-hydrogen) atoms. The number of piperidine rings is 1. The number of hydrogen-bond donors (Lipinski definition) is 1. The van der Waals surface area contributed by atoms with E-state index in [1.165, 1.54) is 43.5 Å². The number of rotatable bonds is 10. The van der Waals surface area contributed by atoms with Crippen molar-refractivity contribution in [2.24, 2.45) is 5.92 Å². The van der Waals surface area contributed by atoms with Gasteiger partial charge in [0.1, 0.15) is 5.82 Å². The van der Waals surface area contributed by atoms with Gasteiger partial charge in [-0.05, 0) is 80.2 Å². The summed E-state index contributed by atoms with van der Waals surface area (Å²) in [7, 11) is -2.40. The molecule has 2 unspecified atom stereocenters. The summed E-state index contributed by atoms with van der Waals surface area (Å²) in [5, 5.41) is 0. The van der Waals surface area contributed by atoms with Crippen molar-refractivity contribution in [3.8, 4) is 0 Å². The number of likely N-dealkylation sites (tertiary alicyclic amines) is 1. The van der Waals surface area contributed by atoms with Gasteiger partial charge >= 0.3 is 5.97 Å². The van der Waals surface area contributed by atoms with Crippen molar-refractivity contribution >= 4 is 21.9 Å². The largest absolute Gasteiger partial charge is 0.465 e. The van der Waals surface area contributed by atoms with E-state index in [1.807, 2.05) is 17.0 Å². The number of benzene rings is 2. The van der Waals surface area contributed by atoms with Crippen molar-refractivity contribution in [3.05, 3.63) is 65.5 Å². The molecule has 2 aliphatic rings. The maximum absolute atomic E-state index is 13.2. The van der Waals surface area contributed by atoms with E-state index >= 15 is 0 Å². The molecule has 8 nitrogen and oxygen atoms in total. The molecular weight excluding hydrogens is 497 g/mol. The van der Waals surface area contributed by atoms with E-state index in [0.717, 1.165) is 44.5 Å². The maximum atomic E-state index is 13.2. The normalized spacial score (nSPS) is 20.4. The highest BCUT2D eigenvalue weighted by Gasteiger charge is 2.44. The molecule has 200 valence electrons. The molecule has 1 heterocycles. The van der Waals surface area contributed by atoms with Gasteiger partial charge in [-0.2, -0.15) is 0 Å². The minimum atomic E-state index is -3.67. The Labute approximate surface area is 217 Å². The van der Waals surface area contributed by atoms with Crippen LogP contribution in [0.25, 0.3) is 0 Å². The molecule has 10 heteroatoms. The fourth-order valence-corrected chi connectivity index (χ4v) is 6.09. The third-order valence-corrected chi connectivity index (χ3v) is 8.80. The zero-order valence-corrected chi connectivity index (χ0v) is 22.0. The zero-order chi connectivity index (χ0) is 26.6. The average Bonchev–Trinajstić information content (AvgIpc) is 3.68. The van der Waals surface area contributed by atoms with E-state index in [1.54, 1.807) is 6.92 Å². The Morgan fingerprint density at radius 2 is 1.73 bits per heavy atom. The van der Waals surface area contributed by atoms with Gasteiger partial charge < -0.3 is 14.5 Å². The highest BCUT2D eigenvalue weighted by molar-refractivity contribution is 7.89. The van der Waals surface area contributed by atoms with E-state index in [2.05, 4.69) is 14.4 Å². The van der Waals surface area contributed by atoms with Crippen molar-refractivity contribution in [1.82, 2.24) is 14.5 Å². The van der Waals surface area contributed by atoms with E-state index in [4.69, 9.17) is 0 Å². The number of carbonyl (C=O) groups is 2. The lowest BCUT2D eigenvalue weighted by atomic mass is 9.96. The fourth-order valence-electron chi connectivity index (χ4n) is 5.07. The van der Waals surface area contributed by atoms with E-state index in [0.29, 0.717) is 18.0 Å². The smallest absolute Gasteiger partial charge is 0.337 e. The van der Waals surface area contributed by atoms with Crippen molar-refractivity contribution in [2.45, 2.75) is 43.0 Å². The number of carbonyl (C=O) groups excluding carboxylic acids is 2. The van der Waals surface area contributed by atoms with Gasteiger partial charge in [0, 0.05) is 38.5 Å². The Kier molecular flexibility index (Phi) is 8.61. The Bertz CT molecular complexity index is 1200. The molecular formula is C27H34FN3O5S. The third-order valence-electron chi connectivity index (χ3n) is 7.33. The lowest BCUT2D eigenvalue weighted by Gasteiger charge is -2.35. The van der Waals surface area contributed by atoms with Crippen LogP contribution in [0.4, 0.5) is 4.39 Å². The first-order valence-electron chi connectivity index (χ1n) is 12.6. The fraction of sp³-hybridized carbons (Fsp3) is 0.481. The quantitative estimate of drug-likeness (QED) is 0.474. The number of esters is 1. The van der Waals surface area contributed by atoms with Gasteiger partial charge in [0.2, 0.25) is 15.9 Å². The van der Waals surface area contributed by atoms with Crippen LogP contribution in [0.2, 0.25) is 0 Å². The standard InChI is InChI=1S/C27H34FN3O5S/c1-19(32)31(26-17-25(26)21-3-7-23(28)8-4-21)18-20-11-14-30(15-12-20)16-13-29-37(34,35)24-9-5-22(6-10-24)27(33)36-2/h3-10,20,25-26,29H,11-18H2,1-2H3. The van der Waals surface area contributed by atoms with Crippen molar-refractivity contribution in [1.29, 1.82) is 0 Å². The molecule has 0 radical (unpaired) electrons. The van der Waals surface area contributed by atoms with Crippen LogP contribution in [0.3, 0.4) is 0 Å². The second kappa shape index (κ2) is 11.7. The number of hydrogen-bond acceptors (Lipinski definition) is 6. The van der Waals surface area contributed by atoms with Gasteiger partial charge in [0.05, 0.1) is 17.6 Å². The molecule has 1 N–H and O–H groups in total. The van der Waals surface area contributed by atoms with Crippen LogP contribution in [0.15, 0.2) is 53.4 Å². The first-order chi connectivity index (χ1) is 17.7. The van der Waals surface area contributed by atoms with E-state index < -0.39 is 16.0 Å². The Hall–Kier alpha value is -2.82. The minimum Gasteiger partial charge on any atom is -0.465 e. The molecule has 4 rings (SSSR count). The zero-order valence-electron chi connectivity index (χ0n) is 21.2. The number of amides is 1. The van der Waals surface area contributed by atoms with Gasteiger partial charge in [-0.1, -0.05) is 12.1 Å². The Morgan fingerprint density at radius 3 is 2.32 bits per heavy atom. The number of ether oxygens (including phenoxy) is 1. The van der Waals surface area contributed by atoms with Crippen LogP contribution in [0.5, 0.6) is 0 Å². The van der Waals surface area contributed by atoms with E-state index in [9.17, 15) is 22.4 Å². The number of methoxy groups -OCH3 is 1. The van der Waals surface area contributed by atoms with Crippen molar-refractivity contribution < 1.29 is 27.1 Å². The van der Waals surface area contributed by atoms with Crippen LogP contribution >= 0.6 is 0 Å². The lowest BCUT2D eigenvalue weighted by molar-refractivity contribution is -0.130. The number of nitrogens with one attached hydrogen (secondary N) is 1. The second-order valence-corrected chi connectivity index (χ2v) is 11.6. The topological polar surface area (TPSA) is 96.0 Å². The van der Waals surface area contributed by atoms with Crippen molar-refractivity contribution in [2.75, 3.05) is 39.8 Å². The molecule has 2 fully saturated rings. The molecule has 2 atom stereocenters. The molecule has 0 aromatic heterocycles. The maximum Gasteiger partial charge on any atom is 0.337 e. The monoisotopic (exact) mass is 531 g/mol. The van der Waals surface area contributed by atoms with Gasteiger partial charge in [-0.3, -0.25) is 4.79 Å². The summed E-state index contributed by atoms with van der Waals surface area (Å²) in [6, 6.07) is 12.4. The van der Waals surface area contributed by atoms with Crippen LogP contribution in [-0.2, 0) is 19.6 Å². The second-order valence-electron chi connectivity index (χ2n) is 9.83. The van der Waals surface area contributed by atoms with Crippen LogP contribution < -0.4 is 4.72 Å². The molecule has 0 bridgehead atoms. The molecule has 2 aromatic rings. The highest BCUT2D eigenvalue weighted by atomic mass is 32.2. The molecule has 1 amide bonds. The van der Waals surface area contributed by atoms with Gasteiger partial charge in [-0.15, -0.1) is 0 Å². The SMILES string of the molecule is COC(=O)c1ccc(S(=O)(=O)NCCN2CCC(CN(C(C)=O)C3CC3c3ccc(F)cc3)CC2)cc1.